The van der Waals surface area contributed by atoms with Gasteiger partial charge in [0.15, 0.2) is 0 Å². The quantitative estimate of drug-likeness (QED) is 0.282. The maximum atomic E-state index is 11.5. The standard InChI is InChI=1S/C13H11N3O3S/c1-18-12-8(3-4-11-9(12)5-6-20-11)7-10(15-16-14)13(17)19-2/h3-7H,1-2H3/b10-7+. The highest BCUT2D eigenvalue weighted by atomic mass is 32.1. The smallest absolute Gasteiger partial charge is 0.340 e. The summed E-state index contributed by atoms with van der Waals surface area (Å²) in [6.45, 7) is 0. The van der Waals surface area contributed by atoms with Crippen molar-refractivity contribution in [2.24, 2.45) is 5.11 Å². The van der Waals surface area contributed by atoms with Gasteiger partial charge in [-0.05, 0) is 35.2 Å². The van der Waals surface area contributed by atoms with Crippen LogP contribution in [0, 0.1) is 0 Å². The molecule has 0 aliphatic heterocycles. The van der Waals surface area contributed by atoms with E-state index in [4.69, 9.17) is 10.3 Å². The SMILES string of the molecule is COC(=O)/C(=C\c1ccc2sccc2c1OC)N=[N+]=[N-]. The molecule has 0 fully saturated rings. The van der Waals surface area contributed by atoms with Crippen LogP contribution in [0.25, 0.3) is 26.6 Å². The van der Waals surface area contributed by atoms with Crippen LogP contribution in [0.1, 0.15) is 5.56 Å². The minimum absolute atomic E-state index is 0.122. The summed E-state index contributed by atoms with van der Waals surface area (Å²) in [4.78, 5) is 14.2. The highest BCUT2D eigenvalue weighted by Crippen LogP contribution is 2.34. The number of rotatable bonds is 4. The Morgan fingerprint density at radius 1 is 1.40 bits per heavy atom. The molecule has 1 aromatic carbocycles. The van der Waals surface area contributed by atoms with Crippen molar-refractivity contribution in [2.75, 3.05) is 14.2 Å². The van der Waals surface area contributed by atoms with Crippen molar-refractivity contribution in [1.82, 2.24) is 0 Å². The molecular weight excluding hydrogens is 278 g/mol. The van der Waals surface area contributed by atoms with Gasteiger partial charge in [-0.25, -0.2) is 4.79 Å². The van der Waals surface area contributed by atoms with Crippen molar-refractivity contribution in [3.63, 3.8) is 0 Å². The molecule has 1 aromatic heterocycles. The lowest BCUT2D eigenvalue weighted by atomic mass is 10.1. The van der Waals surface area contributed by atoms with E-state index in [0.717, 1.165) is 10.1 Å². The van der Waals surface area contributed by atoms with E-state index in [1.54, 1.807) is 24.5 Å². The summed E-state index contributed by atoms with van der Waals surface area (Å²) >= 11 is 1.59. The van der Waals surface area contributed by atoms with Crippen LogP contribution in [0.4, 0.5) is 0 Å². The first-order chi connectivity index (χ1) is 9.71. The molecule has 2 rings (SSSR count). The van der Waals surface area contributed by atoms with Crippen LogP contribution in [0.2, 0.25) is 0 Å². The number of hydrogen-bond donors (Lipinski definition) is 0. The molecular formula is C13H11N3O3S. The van der Waals surface area contributed by atoms with Crippen molar-refractivity contribution in [1.29, 1.82) is 0 Å². The van der Waals surface area contributed by atoms with E-state index in [2.05, 4.69) is 14.8 Å². The lowest BCUT2D eigenvalue weighted by molar-refractivity contribution is -0.136. The fourth-order valence-electron chi connectivity index (χ4n) is 1.80. The van der Waals surface area contributed by atoms with Gasteiger partial charge in [-0.15, -0.1) is 11.3 Å². The van der Waals surface area contributed by atoms with Crippen LogP contribution in [0.3, 0.4) is 0 Å². The molecule has 0 saturated heterocycles. The first-order valence-corrected chi connectivity index (χ1v) is 6.48. The summed E-state index contributed by atoms with van der Waals surface area (Å²) in [6.07, 6.45) is 1.45. The molecule has 1 heterocycles. The Morgan fingerprint density at radius 2 is 2.20 bits per heavy atom. The van der Waals surface area contributed by atoms with Crippen molar-refractivity contribution in [3.05, 3.63) is 45.3 Å². The molecule has 0 atom stereocenters. The third-order valence-electron chi connectivity index (χ3n) is 2.66. The van der Waals surface area contributed by atoms with Gasteiger partial charge >= 0.3 is 5.97 Å². The van der Waals surface area contributed by atoms with Gasteiger partial charge in [-0.1, -0.05) is 5.11 Å². The normalized spacial score (nSPS) is 11.0. The van der Waals surface area contributed by atoms with Crippen LogP contribution >= 0.6 is 11.3 Å². The zero-order valence-electron chi connectivity index (χ0n) is 10.9. The average Bonchev–Trinajstić information content (AvgIpc) is 2.94. The van der Waals surface area contributed by atoms with Crippen LogP contribution in [0.15, 0.2) is 34.4 Å². The summed E-state index contributed by atoms with van der Waals surface area (Å²) in [5.74, 6) is -0.0754. The zero-order valence-corrected chi connectivity index (χ0v) is 11.7. The maximum Gasteiger partial charge on any atom is 0.340 e. The van der Waals surface area contributed by atoms with Gasteiger partial charge in [0.25, 0.3) is 0 Å². The van der Waals surface area contributed by atoms with E-state index < -0.39 is 5.97 Å². The Bertz CT molecular complexity index is 730. The highest BCUT2D eigenvalue weighted by Gasteiger charge is 2.12. The van der Waals surface area contributed by atoms with E-state index in [1.807, 2.05) is 17.5 Å². The predicted molar refractivity (Wildman–Crippen MR) is 77.5 cm³/mol. The van der Waals surface area contributed by atoms with Crippen molar-refractivity contribution in [2.45, 2.75) is 0 Å². The molecule has 0 saturated carbocycles. The topological polar surface area (TPSA) is 84.3 Å². The Kier molecular flexibility index (Phi) is 4.24. The third-order valence-corrected chi connectivity index (χ3v) is 3.54. The number of ether oxygens (including phenoxy) is 2. The lowest BCUT2D eigenvalue weighted by Gasteiger charge is -2.07. The van der Waals surface area contributed by atoms with Crippen LogP contribution in [-0.2, 0) is 9.53 Å². The minimum atomic E-state index is -0.699. The number of hydrogen-bond acceptors (Lipinski definition) is 5. The summed E-state index contributed by atoms with van der Waals surface area (Å²) in [7, 11) is 2.78. The summed E-state index contributed by atoms with van der Waals surface area (Å²) in [5.41, 5.74) is 9.03. The van der Waals surface area contributed by atoms with Gasteiger partial charge in [0.2, 0.25) is 0 Å². The molecule has 7 heteroatoms. The Labute approximate surface area is 118 Å². The molecule has 102 valence electrons. The fourth-order valence-corrected chi connectivity index (χ4v) is 2.59. The van der Waals surface area contributed by atoms with Gasteiger partial charge in [0.1, 0.15) is 11.4 Å². The van der Waals surface area contributed by atoms with Crippen LogP contribution in [0.5, 0.6) is 5.75 Å². The first-order valence-electron chi connectivity index (χ1n) is 5.60. The van der Waals surface area contributed by atoms with Gasteiger partial charge in [0, 0.05) is 20.6 Å². The number of nitrogens with zero attached hydrogens (tertiary/aromatic N) is 3. The number of methoxy groups -OCH3 is 2. The van der Waals surface area contributed by atoms with Crippen LogP contribution in [-0.4, -0.2) is 20.2 Å². The molecule has 0 bridgehead atoms. The highest BCUT2D eigenvalue weighted by molar-refractivity contribution is 7.17. The second kappa shape index (κ2) is 6.10. The predicted octanol–water partition coefficient (Wildman–Crippen LogP) is 3.73. The maximum absolute atomic E-state index is 11.5. The number of esters is 1. The first kappa shape index (κ1) is 13.9. The largest absolute Gasteiger partial charge is 0.495 e. The Morgan fingerprint density at radius 3 is 2.85 bits per heavy atom. The molecule has 0 N–H and O–H groups in total. The van der Waals surface area contributed by atoms with E-state index in [0.29, 0.717) is 11.3 Å². The molecule has 0 spiro atoms. The molecule has 6 nitrogen and oxygen atoms in total. The molecule has 2 aromatic rings. The summed E-state index contributed by atoms with van der Waals surface area (Å²) in [5, 5.41) is 6.24. The number of azide groups is 1. The van der Waals surface area contributed by atoms with Crippen molar-refractivity contribution >= 4 is 33.5 Å². The molecule has 0 unspecified atom stereocenters. The summed E-state index contributed by atoms with van der Waals surface area (Å²) < 4.78 is 11.0. The fraction of sp³-hybridized carbons (Fsp3) is 0.154. The van der Waals surface area contributed by atoms with Crippen molar-refractivity contribution < 1.29 is 14.3 Å². The van der Waals surface area contributed by atoms with E-state index in [9.17, 15) is 4.79 Å². The van der Waals surface area contributed by atoms with E-state index in [-0.39, 0.29) is 5.70 Å². The molecule has 0 aliphatic carbocycles. The van der Waals surface area contributed by atoms with Crippen molar-refractivity contribution in [3.8, 4) is 5.75 Å². The molecule has 20 heavy (non-hydrogen) atoms. The Hall–Kier alpha value is -2.50. The minimum Gasteiger partial charge on any atom is -0.495 e. The number of fused-ring (bicyclic) bond motifs is 1. The number of thiophene rings is 1. The second-order valence-corrected chi connectivity index (χ2v) is 4.68. The Balaban J connectivity index is 2.61. The average molecular weight is 289 g/mol. The van der Waals surface area contributed by atoms with Gasteiger partial charge in [0.05, 0.1) is 14.2 Å². The molecule has 0 radical (unpaired) electrons. The van der Waals surface area contributed by atoms with Gasteiger partial charge in [-0.2, -0.15) is 0 Å². The molecule has 0 amide bonds. The third kappa shape index (κ3) is 2.59. The lowest BCUT2D eigenvalue weighted by Crippen LogP contribution is -2.02. The van der Waals surface area contributed by atoms with E-state index >= 15 is 0 Å². The zero-order chi connectivity index (χ0) is 14.5. The van der Waals surface area contributed by atoms with Gasteiger partial charge < -0.3 is 9.47 Å². The number of benzene rings is 1. The summed E-state index contributed by atoms with van der Waals surface area (Å²) in [6, 6.07) is 5.65. The number of carbonyl (C=O) groups excluding carboxylic acids is 1. The monoisotopic (exact) mass is 289 g/mol. The molecule has 0 aliphatic rings. The van der Waals surface area contributed by atoms with Gasteiger partial charge in [-0.3, -0.25) is 0 Å². The van der Waals surface area contributed by atoms with E-state index in [1.165, 1.54) is 13.2 Å². The number of carbonyl (C=O) groups is 1. The van der Waals surface area contributed by atoms with Crippen LogP contribution < -0.4 is 4.74 Å². The second-order valence-electron chi connectivity index (χ2n) is 3.73.